The van der Waals surface area contributed by atoms with Crippen molar-refractivity contribution in [2.24, 2.45) is 5.73 Å². The number of benzene rings is 1. The molecule has 15 heavy (non-hydrogen) atoms. The van der Waals surface area contributed by atoms with E-state index in [1.807, 2.05) is 6.07 Å². The van der Waals surface area contributed by atoms with Crippen molar-refractivity contribution in [3.63, 3.8) is 0 Å². The molecule has 0 aliphatic heterocycles. The summed E-state index contributed by atoms with van der Waals surface area (Å²) in [5.41, 5.74) is 6.07. The molecule has 0 saturated heterocycles. The molecule has 0 spiro atoms. The van der Waals surface area contributed by atoms with E-state index in [4.69, 9.17) is 10.5 Å². The zero-order valence-corrected chi connectivity index (χ0v) is 8.78. The molecule has 1 fully saturated rings. The summed E-state index contributed by atoms with van der Waals surface area (Å²) in [4.78, 5) is 0. The van der Waals surface area contributed by atoms with Crippen LogP contribution in [-0.4, -0.2) is 17.3 Å². The highest BCUT2D eigenvalue weighted by Crippen LogP contribution is 2.36. The fraction of sp³-hybridized carbons (Fsp3) is 0.500. The SMILES string of the molecule is NC1(CCCOc2cccc(O)c2)CC1. The Morgan fingerprint density at radius 2 is 2.20 bits per heavy atom. The van der Waals surface area contributed by atoms with E-state index in [1.54, 1.807) is 18.2 Å². The molecule has 0 heterocycles. The van der Waals surface area contributed by atoms with E-state index in [1.165, 1.54) is 0 Å². The van der Waals surface area contributed by atoms with Gasteiger partial charge in [-0.15, -0.1) is 0 Å². The summed E-state index contributed by atoms with van der Waals surface area (Å²) >= 11 is 0. The van der Waals surface area contributed by atoms with E-state index >= 15 is 0 Å². The maximum Gasteiger partial charge on any atom is 0.122 e. The standard InChI is InChI=1S/C12H17NO2/c13-12(6-7-12)5-2-8-15-11-4-1-3-10(14)9-11/h1,3-4,9,14H,2,5-8,13H2. The van der Waals surface area contributed by atoms with Gasteiger partial charge in [-0.3, -0.25) is 0 Å². The fourth-order valence-electron chi connectivity index (χ4n) is 1.60. The van der Waals surface area contributed by atoms with E-state index < -0.39 is 0 Å². The second-order valence-corrected chi connectivity index (χ2v) is 4.31. The van der Waals surface area contributed by atoms with Gasteiger partial charge in [0.25, 0.3) is 0 Å². The van der Waals surface area contributed by atoms with Crippen LogP contribution in [0.2, 0.25) is 0 Å². The summed E-state index contributed by atoms with van der Waals surface area (Å²) in [6.45, 7) is 0.669. The van der Waals surface area contributed by atoms with Crippen molar-refractivity contribution in [1.29, 1.82) is 0 Å². The third kappa shape index (κ3) is 3.13. The molecule has 3 nitrogen and oxygen atoms in total. The number of phenols is 1. The molecule has 3 N–H and O–H groups in total. The van der Waals surface area contributed by atoms with Gasteiger partial charge < -0.3 is 15.6 Å². The molecule has 0 unspecified atom stereocenters. The number of hydrogen-bond donors (Lipinski definition) is 2. The molecule has 1 aromatic rings. The zero-order chi connectivity index (χ0) is 10.7. The summed E-state index contributed by atoms with van der Waals surface area (Å²) in [6.07, 6.45) is 4.32. The quantitative estimate of drug-likeness (QED) is 0.726. The van der Waals surface area contributed by atoms with Crippen molar-refractivity contribution >= 4 is 0 Å². The summed E-state index contributed by atoms with van der Waals surface area (Å²) in [7, 11) is 0. The molecule has 1 aliphatic rings. The van der Waals surface area contributed by atoms with Crippen molar-refractivity contribution in [2.75, 3.05) is 6.61 Å². The van der Waals surface area contributed by atoms with Crippen LogP contribution in [0, 0.1) is 0 Å². The highest BCUT2D eigenvalue weighted by molar-refractivity contribution is 5.31. The van der Waals surface area contributed by atoms with Gasteiger partial charge in [-0.1, -0.05) is 6.07 Å². The molecule has 82 valence electrons. The highest BCUT2D eigenvalue weighted by atomic mass is 16.5. The third-order valence-corrected chi connectivity index (χ3v) is 2.80. The van der Waals surface area contributed by atoms with Crippen LogP contribution < -0.4 is 10.5 Å². The van der Waals surface area contributed by atoms with Gasteiger partial charge in [0, 0.05) is 11.6 Å². The van der Waals surface area contributed by atoms with E-state index in [0.717, 1.165) is 31.4 Å². The van der Waals surface area contributed by atoms with Crippen molar-refractivity contribution < 1.29 is 9.84 Å². The Kier molecular flexibility index (Phi) is 2.82. The lowest BCUT2D eigenvalue weighted by atomic mass is 10.1. The molecule has 0 amide bonds. The second-order valence-electron chi connectivity index (χ2n) is 4.31. The van der Waals surface area contributed by atoms with Crippen LogP contribution in [0.4, 0.5) is 0 Å². The number of aromatic hydroxyl groups is 1. The van der Waals surface area contributed by atoms with E-state index in [9.17, 15) is 5.11 Å². The van der Waals surface area contributed by atoms with E-state index in [0.29, 0.717) is 6.61 Å². The molecule has 1 aromatic carbocycles. The first-order chi connectivity index (χ1) is 7.18. The van der Waals surface area contributed by atoms with Crippen LogP contribution >= 0.6 is 0 Å². The molecule has 3 heteroatoms. The Balaban J connectivity index is 1.69. The number of nitrogens with two attached hydrogens (primary N) is 1. The first-order valence-electron chi connectivity index (χ1n) is 5.39. The molecule has 1 aliphatic carbocycles. The van der Waals surface area contributed by atoms with Gasteiger partial charge in [0.1, 0.15) is 11.5 Å². The van der Waals surface area contributed by atoms with Crippen LogP contribution in [0.5, 0.6) is 11.5 Å². The minimum absolute atomic E-state index is 0.113. The minimum Gasteiger partial charge on any atom is -0.508 e. The number of phenolic OH excluding ortho intramolecular Hbond substituents is 1. The first-order valence-corrected chi connectivity index (χ1v) is 5.39. The number of rotatable bonds is 5. The summed E-state index contributed by atoms with van der Waals surface area (Å²) in [6, 6.07) is 6.87. The van der Waals surface area contributed by atoms with Gasteiger partial charge in [0.2, 0.25) is 0 Å². The van der Waals surface area contributed by atoms with Crippen molar-refractivity contribution in [1.82, 2.24) is 0 Å². The Morgan fingerprint density at radius 1 is 1.40 bits per heavy atom. The average Bonchev–Trinajstić information content (AvgIpc) is 2.92. The Bertz CT molecular complexity index is 334. The predicted octanol–water partition coefficient (Wildman–Crippen LogP) is 2.04. The van der Waals surface area contributed by atoms with Gasteiger partial charge in [-0.05, 0) is 37.8 Å². The summed E-state index contributed by atoms with van der Waals surface area (Å²) in [5, 5.41) is 9.21. The van der Waals surface area contributed by atoms with Crippen molar-refractivity contribution in [3.05, 3.63) is 24.3 Å². The predicted molar refractivity (Wildman–Crippen MR) is 59.0 cm³/mol. The second kappa shape index (κ2) is 4.11. The van der Waals surface area contributed by atoms with Crippen LogP contribution in [0.15, 0.2) is 24.3 Å². The number of ether oxygens (including phenoxy) is 1. The molecule has 0 bridgehead atoms. The lowest BCUT2D eigenvalue weighted by Gasteiger charge is -2.09. The summed E-state index contributed by atoms with van der Waals surface area (Å²) in [5.74, 6) is 0.960. The van der Waals surface area contributed by atoms with Crippen molar-refractivity contribution in [2.45, 2.75) is 31.2 Å². The van der Waals surface area contributed by atoms with Crippen LogP contribution in [-0.2, 0) is 0 Å². The summed E-state index contributed by atoms with van der Waals surface area (Å²) < 4.78 is 5.49. The average molecular weight is 207 g/mol. The minimum atomic E-state index is 0.113. The van der Waals surface area contributed by atoms with Crippen LogP contribution in [0.25, 0.3) is 0 Å². The molecule has 0 atom stereocenters. The van der Waals surface area contributed by atoms with Crippen molar-refractivity contribution in [3.8, 4) is 11.5 Å². The molecule has 0 aromatic heterocycles. The maximum atomic E-state index is 9.21. The Labute approximate surface area is 89.9 Å². The topological polar surface area (TPSA) is 55.5 Å². The largest absolute Gasteiger partial charge is 0.508 e. The molecule has 0 radical (unpaired) electrons. The van der Waals surface area contributed by atoms with Crippen LogP contribution in [0.3, 0.4) is 0 Å². The monoisotopic (exact) mass is 207 g/mol. The smallest absolute Gasteiger partial charge is 0.122 e. The normalized spacial score (nSPS) is 17.4. The molecular weight excluding hydrogens is 190 g/mol. The molecular formula is C12H17NO2. The van der Waals surface area contributed by atoms with Gasteiger partial charge in [0.05, 0.1) is 6.61 Å². The highest BCUT2D eigenvalue weighted by Gasteiger charge is 2.37. The lowest BCUT2D eigenvalue weighted by molar-refractivity contribution is 0.298. The lowest BCUT2D eigenvalue weighted by Crippen LogP contribution is -2.22. The van der Waals surface area contributed by atoms with Crippen LogP contribution in [0.1, 0.15) is 25.7 Å². The number of hydrogen-bond acceptors (Lipinski definition) is 3. The molecule has 2 rings (SSSR count). The molecule has 1 saturated carbocycles. The van der Waals surface area contributed by atoms with E-state index in [-0.39, 0.29) is 11.3 Å². The first kappa shape index (κ1) is 10.3. The maximum absolute atomic E-state index is 9.21. The van der Waals surface area contributed by atoms with Gasteiger partial charge >= 0.3 is 0 Å². The fourth-order valence-corrected chi connectivity index (χ4v) is 1.60. The third-order valence-electron chi connectivity index (χ3n) is 2.80. The van der Waals surface area contributed by atoms with E-state index in [2.05, 4.69) is 0 Å². The van der Waals surface area contributed by atoms with Gasteiger partial charge in [0.15, 0.2) is 0 Å². The van der Waals surface area contributed by atoms with Gasteiger partial charge in [-0.25, -0.2) is 0 Å². The Morgan fingerprint density at radius 3 is 2.87 bits per heavy atom. The van der Waals surface area contributed by atoms with Gasteiger partial charge in [-0.2, -0.15) is 0 Å². The zero-order valence-electron chi connectivity index (χ0n) is 8.78. The Hall–Kier alpha value is -1.22.